The van der Waals surface area contributed by atoms with E-state index in [9.17, 15) is 4.79 Å². The van der Waals surface area contributed by atoms with Crippen LogP contribution in [0.25, 0.3) is 0 Å². The number of benzene rings is 1. The average molecular weight is 328 g/mol. The Kier molecular flexibility index (Phi) is 5.25. The Morgan fingerprint density at radius 1 is 1.21 bits per heavy atom. The highest BCUT2D eigenvalue weighted by Crippen LogP contribution is 2.17. The number of rotatable bonds is 6. The van der Waals surface area contributed by atoms with Gasteiger partial charge in [-0.1, -0.05) is 34.6 Å². The molecule has 1 aliphatic heterocycles. The molecule has 0 N–H and O–H groups in total. The van der Waals surface area contributed by atoms with Crippen LogP contribution >= 0.6 is 0 Å². The minimum Gasteiger partial charge on any atom is -0.341 e. The Bertz CT molecular complexity index is 692. The van der Waals surface area contributed by atoms with Crippen LogP contribution in [0.3, 0.4) is 0 Å². The van der Waals surface area contributed by atoms with Crippen LogP contribution in [0.5, 0.6) is 0 Å². The van der Waals surface area contributed by atoms with Crippen molar-refractivity contribution in [3.05, 3.63) is 46.8 Å². The van der Waals surface area contributed by atoms with Crippen LogP contribution in [0.2, 0.25) is 0 Å². The van der Waals surface area contributed by atoms with Gasteiger partial charge in [0.25, 0.3) is 0 Å². The molecule has 0 saturated carbocycles. The molecule has 6 heteroatoms. The Morgan fingerprint density at radius 2 is 1.92 bits per heavy atom. The molecule has 2 aromatic rings. The maximum atomic E-state index is 12.4. The van der Waals surface area contributed by atoms with Gasteiger partial charge in [0.15, 0.2) is 0 Å². The van der Waals surface area contributed by atoms with Gasteiger partial charge in [-0.05, 0) is 44.0 Å². The van der Waals surface area contributed by atoms with Crippen LogP contribution in [-0.2, 0) is 24.3 Å². The predicted molar refractivity (Wildman–Crippen MR) is 90.2 cm³/mol. The number of hydrogen-bond donors (Lipinski definition) is 0. The quantitative estimate of drug-likeness (QED) is 0.813. The van der Waals surface area contributed by atoms with Crippen molar-refractivity contribution >= 4 is 5.91 Å². The fourth-order valence-corrected chi connectivity index (χ4v) is 3.08. The van der Waals surface area contributed by atoms with E-state index in [0.29, 0.717) is 17.9 Å². The smallest absolute Gasteiger partial charge is 0.228 e. The van der Waals surface area contributed by atoms with E-state index >= 15 is 0 Å². The zero-order valence-electron chi connectivity index (χ0n) is 14.4. The highest BCUT2D eigenvalue weighted by molar-refractivity contribution is 5.78. The predicted octanol–water partition coefficient (Wildman–Crippen LogP) is 2.17. The second-order valence-electron chi connectivity index (χ2n) is 6.47. The van der Waals surface area contributed by atoms with E-state index < -0.39 is 0 Å². The van der Waals surface area contributed by atoms with Gasteiger partial charge in [0.2, 0.25) is 5.91 Å². The number of aromatic nitrogens is 2. The topological polar surface area (TPSA) is 62.5 Å². The third kappa shape index (κ3) is 4.00. The summed E-state index contributed by atoms with van der Waals surface area (Å²) in [4.78, 5) is 16.7. The van der Waals surface area contributed by atoms with Gasteiger partial charge in [0, 0.05) is 20.1 Å². The van der Waals surface area contributed by atoms with Crippen LogP contribution in [-0.4, -0.2) is 46.2 Å². The first-order chi connectivity index (χ1) is 11.6. The number of likely N-dealkylation sites (tertiary alicyclic amines) is 1. The summed E-state index contributed by atoms with van der Waals surface area (Å²) in [7, 11) is 1.83. The van der Waals surface area contributed by atoms with Crippen LogP contribution in [0.4, 0.5) is 0 Å². The van der Waals surface area contributed by atoms with Gasteiger partial charge in [-0.2, -0.15) is 0 Å². The molecule has 0 radical (unpaired) electrons. The molecule has 3 rings (SSSR count). The minimum atomic E-state index is 0.0183. The van der Waals surface area contributed by atoms with Gasteiger partial charge in [0.1, 0.15) is 11.4 Å². The van der Waals surface area contributed by atoms with E-state index in [1.54, 1.807) is 11.8 Å². The number of amides is 1. The molecule has 1 fully saturated rings. The number of carbonyl (C=O) groups is 1. The lowest BCUT2D eigenvalue weighted by atomic mass is 10.1. The zero-order valence-corrected chi connectivity index (χ0v) is 14.4. The number of carbonyl (C=O) groups excluding carboxylic acids is 1. The van der Waals surface area contributed by atoms with Crippen LogP contribution < -0.4 is 0 Å². The average Bonchev–Trinajstić information content (AvgIpc) is 3.22. The molecule has 6 nitrogen and oxygen atoms in total. The van der Waals surface area contributed by atoms with Crippen molar-refractivity contribution in [1.82, 2.24) is 20.1 Å². The van der Waals surface area contributed by atoms with Gasteiger partial charge >= 0.3 is 0 Å². The fourth-order valence-electron chi connectivity index (χ4n) is 3.08. The number of hydrogen-bond acceptors (Lipinski definition) is 5. The molecule has 1 aromatic heterocycles. The van der Waals surface area contributed by atoms with Crippen molar-refractivity contribution < 1.29 is 9.42 Å². The van der Waals surface area contributed by atoms with E-state index in [1.165, 1.54) is 37.1 Å². The zero-order chi connectivity index (χ0) is 16.9. The summed E-state index contributed by atoms with van der Waals surface area (Å²) in [5.74, 6) is 0.0183. The second kappa shape index (κ2) is 7.57. The SMILES string of the molecule is Cc1nonc1CC(=O)N(C)Cc1ccccc1CN1CCCC1. The summed E-state index contributed by atoms with van der Waals surface area (Å²) >= 11 is 0. The molecule has 0 aliphatic carbocycles. The molecule has 0 bridgehead atoms. The first-order valence-electron chi connectivity index (χ1n) is 8.44. The molecule has 2 heterocycles. The number of likely N-dealkylation sites (N-methyl/N-ethyl adjacent to an activating group) is 1. The van der Waals surface area contributed by atoms with Crippen molar-refractivity contribution in [1.29, 1.82) is 0 Å². The largest absolute Gasteiger partial charge is 0.341 e. The molecule has 1 amide bonds. The molecule has 128 valence electrons. The monoisotopic (exact) mass is 328 g/mol. The van der Waals surface area contributed by atoms with Gasteiger partial charge in [-0.25, -0.2) is 4.63 Å². The first-order valence-corrected chi connectivity index (χ1v) is 8.44. The third-order valence-electron chi connectivity index (χ3n) is 4.61. The highest BCUT2D eigenvalue weighted by atomic mass is 16.6. The highest BCUT2D eigenvalue weighted by Gasteiger charge is 2.17. The molecule has 0 unspecified atom stereocenters. The summed E-state index contributed by atoms with van der Waals surface area (Å²) in [5.41, 5.74) is 3.79. The van der Waals surface area contributed by atoms with E-state index in [2.05, 4.69) is 38.0 Å². The van der Waals surface area contributed by atoms with E-state index in [-0.39, 0.29) is 12.3 Å². The first kappa shape index (κ1) is 16.6. The number of nitrogens with zero attached hydrogens (tertiary/aromatic N) is 4. The van der Waals surface area contributed by atoms with Crippen molar-refractivity contribution in [3.63, 3.8) is 0 Å². The molecule has 1 saturated heterocycles. The summed E-state index contributed by atoms with van der Waals surface area (Å²) in [5, 5.41) is 7.51. The van der Waals surface area contributed by atoms with Gasteiger partial charge < -0.3 is 4.90 Å². The van der Waals surface area contributed by atoms with Crippen molar-refractivity contribution in [3.8, 4) is 0 Å². The molecule has 1 aromatic carbocycles. The summed E-state index contributed by atoms with van der Waals surface area (Å²) in [6, 6.07) is 8.38. The summed E-state index contributed by atoms with van der Waals surface area (Å²) in [6.07, 6.45) is 2.79. The maximum absolute atomic E-state index is 12.4. The van der Waals surface area contributed by atoms with Gasteiger partial charge in [-0.15, -0.1) is 0 Å². The normalized spacial score (nSPS) is 14.9. The lowest BCUT2D eigenvalue weighted by Gasteiger charge is -2.21. The van der Waals surface area contributed by atoms with E-state index in [0.717, 1.165) is 6.54 Å². The molecular formula is C18H24N4O2. The summed E-state index contributed by atoms with van der Waals surface area (Å²) < 4.78 is 4.66. The number of aryl methyl sites for hydroxylation is 1. The molecular weight excluding hydrogens is 304 g/mol. The molecule has 0 spiro atoms. The molecule has 0 atom stereocenters. The third-order valence-corrected chi connectivity index (χ3v) is 4.61. The fraction of sp³-hybridized carbons (Fsp3) is 0.500. The second-order valence-corrected chi connectivity index (χ2v) is 6.47. The summed E-state index contributed by atoms with van der Waals surface area (Å²) in [6.45, 7) is 5.70. The lowest BCUT2D eigenvalue weighted by molar-refractivity contribution is -0.129. The van der Waals surface area contributed by atoms with Crippen molar-refractivity contribution in [2.24, 2.45) is 0 Å². The van der Waals surface area contributed by atoms with Crippen molar-refractivity contribution in [2.45, 2.75) is 39.3 Å². The van der Waals surface area contributed by atoms with Crippen molar-refractivity contribution in [2.75, 3.05) is 20.1 Å². The van der Waals surface area contributed by atoms with E-state index in [1.807, 2.05) is 13.1 Å². The Hall–Kier alpha value is -2.21. The lowest BCUT2D eigenvalue weighted by Crippen LogP contribution is -2.29. The Balaban J connectivity index is 1.64. The molecule has 1 aliphatic rings. The van der Waals surface area contributed by atoms with Gasteiger partial charge in [-0.3, -0.25) is 9.69 Å². The standard InChI is InChI=1S/C18H24N4O2/c1-14-17(20-24-19-14)11-18(23)21(2)12-15-7-3-4-8-16(15)13-22-9-5-6-10-22/h3-4,7-8H,5-6,9-13H2,1-2H3. The van der Waals surface area contributed by atoms with E-state index in [4.69, 9.17) is 0 Å². The Morgan fingerprint density at radius 3 is 2.58 bits per heavy atom. The Labute approximate surface area is 142 Å². The maximum Gasteiger partial charge on any atom is 0.228 e. The van der Waals surface area contributed by atoms with Crippen LogP contribution in [0, 0.1) is 6.92 Å². The van der Waals surface area contributed by atoms with Crippen LogP contribution in [0.1, 0.15) is 35.4 Å². The van der Waals surface area contributed by atoms with Crippen LogP contribution in [0.15, 0.2) is 28.9 Å². The van der Waals surface area contributed by atoms with Gasteiger partial charge in [0.05, 0.1) is 6.42 Å². The minimum absolute atomic E-state index is 0.0183. The molecule has 24 heavy (non-hydrogen) atoms.